The van der Waals surface area contributed by atoms with Crippen molar-refractivity contribution >= 4 is 17.5 Å². The van der Waals surface area contributed by atoms with E-state index >= 15 is 0 Å². The monoisotopic (exact) mass is 220 g/mol. The fourth-order valence-electron chi connectivity index (χ4n) is 1.65. The summed E-state index contributed by atoms with van der Waals surface area (Å²) >= 11 is 0. The molecule has 84 valence electrons. The van der Waals surface area contributed by atoms with Gasteiger partial charge in [-0.2, -0.15) is 0 Å². The van der Waals surface area contributed by atoms with Crippen LogP contribution in [-0.4, -0.2) is 32.1 Å². The predicted molar refractivity (Wildman–Crippen MR) is 58.6 cm³/mol. The topological polar surface area (TPSA) is 67.4 Å². The largest absolute Gasteiger partial charge is 0.383 e. The Morgan fingerprint density at radius 2 is 2.12 bits per heavy atom. The maximum absolute atomic E-state index is 11.5. The standard InChI is InChI=1S/C11H12N2O3/c1-16-6-5-12-8-4-2-3-7-9(8)11(15)13-10(7)14/h2-4,12H,5-6H2,1H3,(H,13,14,15). The Bertz CT molecular complexity index is 443. The molecule has 1 aliphatic rings. The van der Waals surface area contributed by atoms with Gasteiger partial charge in [0, 0.05) is 19.3 Å². The van der Waals surface area contributed by atoms with E-state index in [0.717, 1.165) is 0 Å². The molecule has 5 nitrogen and oxygen atoms in total. The van der Waals surface area contributed by atoms with Gasteiger partial charge in [0.05, 0.1) is 17.7 Å². The van der Waals surface area contributed by atoms with E-state index in [9.17, 15) is 9.59 Å². The van der Waals surface area contributed by atoms with Crippen molar-refractivity contribution in [2.24, 2.45) is 0 Å². The molecule has 1 aromatic carbocycles. The van der Waals surface area contributed by atoms with Gasteiger partial charge in [-0.25, -0.2) is 0 Å². The number of amides is 2. The lowest BCUT2D eigenvalue weighted by Gasteiger charge is -2.08. The number of imide groups is 1. The van der Waals surface area contributed by atoms with E-state index in [0.29, 0.717) is 30.0 Å². The minimum atomic E-state index is -0.347. The van der Waals surface area contributed by atoms with E-state index in [4.69, 9.17) is 4.74 Å². The first-order valence-corrected chi connectivity index (χ1v) is 4.95. The summed E-state index contributed by atoms with van der Waals surface area (Å²) in [7, 11) is 1.60. The first-order valence-electron chi connectivity index (χ1n) is 4.95. The number of hydrogen-bond acceptors (Lipinski definition) is 4. The normalized spacial score (nSPS) is 13.6. The molecule has 0 atom stereocenters. The Hall–Kier alpha value is -1.88. The lowest BCUT2D eigenvalue weighted by Crippen LogP contribution is -2.20. The van der Waals surface area contributed by atoms with Crippen LogP contribution in [0.2, 0.25) is 0 Å². The van der Waals surface area contributed by atoms with Crippen molar-refractivity contribution in [2.45, 2.75) is 0 Å². The maximum atomic E-state index is 11.5. The third-order valence-electron chi connectivity index (χ3n) is 2.38. The number of carbonyl (C=O) groups is 2. The lowest BCUT2D eigenvalue weighted by molar-refractivity contribution is 0.0880. The summed E-state index contributed by atoms with van der Waals surface area (Å²) in [4.78, 5) is 22.9. The first kappa shape index (κ1) is 10.6. The van der Waals surface area contributed by atoms with Crippen LogP contribution in [0.3, 0.4) is 0 Å². The number of hydrogen-bond donors (Lipinski definition) is 2. The minimum absolute atomic E-state index is 0.338. The van der Waals surface area contributed by atoms with Crippen molar-refractivity contribution in [3.05, 3.63) is 29.3 Å². The van der Waals surface area contributed by atoms with Crippen LogP contribution in [0.5, 0.6) is 0 Å². The Labute approximate surface area is 92.8 Å². The number of fused-ring (bicyclic) bond motifs is 1. The second kappa shape index (κ2) is 4.32. The van der Waals surface area contributed by atoms with Gasteiger partial charge in [-0.15, -0.1) is 0 Å². The molecule has 0 radical (unpaired) electrons. The quantitative estimate of drug-likeness (QED) is 0.577. The van der Waals surface area contributed by atoms with Gasteiger partial charge in [-0.05, 0) is 12.1 Å². The van der Waals surface area contributed by atoms with Crippen LogP contribution in [-0.2, 0) is 4.74 Å². The zero-order valence-electron chi connectivity index (χ0n) is 8.87. The number of carbonyl (C=O) groups excluding carboxylic acids is 2. The number of methoxy groups -OCH3 is 1. The Morgan fingerprint density at radius 3 is 2.88 bits per heavy atom. The van der Waals surface area contributed by atoms with E-state index in [2.05, 4.69) is 10.6 Å². The molecule has 0 saturated heterocycles. The molecule has 0 unspecified atom stereocenters. The van der Waals surface area contributed by atoms with Crippen molar-refractivity contribution in [1.82, 2.24) is 5.32 Å². The van der Waals surface area contributed by atoms with E-state index in [1.807, 2.05) is 0 Å². The van der Waals surface area contributed by atoms with E-state index in [1.54, 1.807) is 25.3 Å². The zero-order chi connectivity index (χ0) is 11.5. The van der Waals surface area contributed by atoms with Crippen LogP contribution in [0, 0.1) is 0 Å². The highest BCUT2D eigenvalue weighted by atomic mass is 16.5. The predicted octanol–water partition coefficient (Wildman–Crippen LogP) is 0.629. The molecule has 0 fully saturated rings. The molecule has 0 aromatic heterocycles. The maximum Gasteiger partial charge on any atom is 0.261 e. The highest BCUT2D eigenvalue weighted by molar-refractivity contribution is 6.23. The van der Waals surface area contributed by atoms with Gasteiger partial charge in [-0.1, -0.05) is 6.07 Å². The molecule has 0 aliphatic carbocycles. The van der Waals surface area contributed by atoms with E-state index in [-0.39, 0.29) is 11.8 Å². The summed E-state index contributed by atoms with van der Waals surface area (Å²) in [5, 5.41) is 5.32. The van der Waals surface area contributed by atoms with Crippen molar-refractivity contribution < 1.29 is 14.3 Å². The summed E-state index contributed by atoms with van der Waals surface area (Å²) in [6.45, 7) is 1.13. The van der Waals surface area contributed by atoms with Gasteiger partial charge < -0.3 is 10.1 Å². The molecule has 5 heteroatoms. The van der Waals surface area contributed by atoms with Crippen LogP contribution < -0.4 is 10.6 Å². The summed E-state index contributed by atoms with van der Waals surface area (Å²) in [6, 6.07) is 5.15. The minimum Gasteiger partial charge on any atom is -0.383 e. The highest BCUT2D eigenvalue weighted by Gasteiger charge is 2.28. The molecule has 0 bridgehead atoms. The van der Waals surface area contributed by atoms with Crippen LogP contribution in [0.15, 0.2) is 18.2 Å². The Kier molecular flexibility index (Phi) is 2.87. The summed E-state index contributed by atoms with van der Waals surface area (Å²) in [6.07, 6.45) is 0. The number of nitrogens with one attached hydrogen (secondary N) is 2. The molecular formula is C11H12N2O3. The number of anilines is 1. The Morgan fingerprint density at radius 1 is 1.31 bits per heavy atom. The van der Waals surface area contributed by atoms with E-state index < -0.39 is 0 Å². The SMILES string of the molecule is COCCNc1cccc2c1C(=O)NC2=O. The fraction of sp³-hybridized carbons (Fsp3) is 0.273. The van der Waals surface area contributed by atoms with Crippen molar-refractivity contribution in [3.8, 4) is 0 Å². The van der Waals surface area contributed by atoms with Gasteiger partial charge >= 0.3 is 0 Å². The first-order chi connectivity index (χ1) is 7.74. The van der Waals surface area contributed by atoms with Gasteiger partial charge in [0.25, 0.3) is 11.8 Å². The summed E-state index contributed by atoms with van der Waals surface area (Å²) in [5.41, 5.74) is 1.51. The second-order valence-electron chi connectivity index (χ2n) is 3.43. The number of rotatable bonds is 4. The van der Waals surface area contributed by atoms with Gasteiger partial charge in [0.15, 0.2) is 0 Å². The van der Waals surface area contributed by atoms with Crippen molar-refractivity contribution in [3.63, 3.8) is 0 Å². The molecule has 2 rings (SSSR count). The van der Waals surface area contributed by atoms with E-state index in [1.165, 1.54) is 0 Å². The van der Waals surface area contributed by atoms with Gasteiger partial charge in [-0.3, -0.25) is 14.9 Å². The zero-order valence-corrected chi connectivity index (χ0v) is 8.87. The molecule has 1 heterocycles. The summed E-state index contributed by atoms with van der Waals surface area (Å²) < 4.78 is 4.90. The van der Waals surface area contributed by atoms with Crippen LogP contribution in [0.4, 0.5) is 5.69 Å². The summed E-state index contributed by atoms with van der Waals surface area (Å²) in [5.74, 6) is -0.684. The number of benzene rings is 1. The molecular weight excluding hydrogens is 208 g/mol. The van der Waals surface area contributed by atoms with Crippen molar-refractivity contribution in [2.75, 3.05) is 25.6 Å². The van der Waals surface area contributed by atoms with Crippen LogP contribution in [0.25, 0.3) is 0 Å². The molecule has 1 aromatic rings. The van der Waals surface area contributed by atoms with Gasteiger partial charge in [0.2, 0.25) is 0 Å². The highest BCUT2D eigenvalue weighted by Crippen LogP contribution is 2.23. The average Bonchev–Trinajstić information content (AvgIpc) is 2.56. The van der Waals surface area contributed by atoms with Crippen LogP contribution >= 0.6 is 0 Å². The third kappa shape index (κ3) is 1.77. The molecule has 2 amide bonds. The second-order valence-corrected chi connectivity index (χ2v) is 3.43. The average molecular weight is 220 g/mol. The lowest BCUT2D eigenvalue weighted by atomic mass is 10.1. The molecule has 1 aliphatic heterocycles. The van der Waals surface area contributed by atoms with Crippen molar-refractivity contribution in [1.29, 1.82) is 0 Å². The molecule has 0 spiro atoms. The fourth-order valence-corrected chi connectivity index (χ4v) is 1.65. The third-order valence-corrected chi connectivity index (χ3v) is 2.38. The smallest absolute Gasteiger partial charge is 0.261 e. The molecule has 0 saturated carbocycles. The van der Waals surface area contributed by atoms with Gasteiger partial charge in [0.1, 0.15) is 0 Å². The number of ether oxygens (including phenoxy) is 1. The molecule has 16 heavy (non-hydrogen) atoms. The van der Waals surface area contributed by atoms with Crippen LogP contribution in [0.1, 0.15) is 20.7 Å². The Balaban J connectivity index is 2.27. The molecule has 2 N–H and O–H groups in total.